The van der Waals surface area contributed by atoms with Crippen LogP contribution in [-0.4, -0.2) is 26.3 Å². The monoisotopic (exact) mass is 287 g/mol. The van der Waals surface area contributed by atoms with Crippen LogP contribution in [0.1, 0.15) is 0 Å². The molecule has 0 amide bonds. The highest BCUT2D eigenvalue weighted by molar-refractivity contribution is 5.73. The van der Waals surface area contributed by atoms with Crippen molar-refractivity contribution in [2.75, 3.05) is 42.3 Å². The van der Waals surface area contributed by atoms with Crippen molar-refractivity contribution in [3.63, 3.8) is 0 Å². The first kappa shape index (κ1) is 13.7. The Morgan fingerprint density at radius 1 is 1.05 bits per heavy atom. The standard InChI is InChI=1S/C16H18FN3O/c17-14-2-1-3-15(16(14)18)19-12-4-6-13(7-5-12)20-8-10-21-11-9-20/h1-7,19H,8-11,18H2. The average molecular weight is 287 g/mol. The predicted octanol–water partition coefficient (Wildman–Crippen LogP) is 2.99. The molecule has 1 aliphatic heterocycles. The number of halogens is 1. The molecule has 1 fully saturated rings. The van der Waals surface area contributed by atoms with Crippen molar-refractivity contribution in [3.05, 3.63) is 48.3 Å². The van der Waals surface area contributed by atoms with Crippen molar-refractivity contribution >= 4 is 22.7 Å². The van der Waals surface area contributed by atoms with Crippen LogP contribution in [-0.2, 0) is 4.74 Å². The topological polar surface area (TPSA) is 50.5 Å². The molecule has 110 valence electrons. The molecule has 0 unspecified atom stereocenters. The van der Waals surface area contributed by atoms with E-state index in [-0.39, 0.29) is 5.69 Å². The van der Waals surface area contributed by atoms with Crippen LogP contribution in [0, 0.1) is 5.82 Å². The molecule has 0 aliphatic carbocycles. The molecule has 2 aromatic carbocycles. The summed E-state index contributed by atoms with van der Waals surface area (Å²) in [4.78, 5) is 2.28. The van der Waals surface area contributed by atoms with Gasteiger partial charge in [-0.2, -0.15) is 0 Å². The summed E-state index contributed by atoms with van der Waals surface area (Å²) in [5.41, 5.74) is 8.47. The summed E-state index contributed by atoms with van der Waals surface area (Å²) in [6.07, 6.45) is 0. The number of morpholine rings is 1. The van der Waals surface area contributed by atoms with Gasteiger partial charge in [-0.05, 0) is 36.4 Å². The molecule has 21 heavy (non-hydrogen) atoms. The Balaban J connectivity index is 1.73. The Labute approximate surface area is 123 Å². The maximum Gasteiger partial charge on any atom is 0.148 e. The van der Waals surface area contributed by atoms with E-state index in [4.69, 9.17) is 10.5 Å². The zero-order valence-electron chi connectivity index (χ0n) is 11.7. The minimum Gasteiger partial charge on any atom is -0.395 e. The van der Waals surface area contributed by atoms with E-state index in [1.807, 2.05) is 24.3 Å². The first-order valence-electron chi connectivity index (χ1n) is 6.98. The highest BCUT2D eigenvalue weighted by Gasteiger charge is 2.11. The van der Waals surface area contributed by atoms with Crippen LogP contribution in [0.25, 0.3) is 0 Å². The Hall–Kier alpha value is -2.27. The average Bonchev–Trinajstić information content (AvgIpc) is 2.53. The highest BCUT2D eigenvalue weighted by Crippen LogP contribution is 2.26. The molecule has 0 spiro atoms. The number of hydrogen-bond acceptors (Lipinski definition) is 4. The van der Waals surface area contributed by atoms with Gasteiger partial charge in [0.05, 0.1) is 24.6 Å². The number of nitrogens with one attached hydrogen (secondary N) is 1. The van der Waals surface area contributed by atoms with E-state index in [2.05, 4.69) is 10.2 Å². The van der Waals surface area contributed by atoms with Crippen LogP contribution in [0.5, 0.6) is 0 Å². The molecule has 1 aliphatic rings. The van der Waals surface area contributed by atoms with Crippen LogP contribution in [0.15, 0.2) is 42.5 Å². The van der Waals surface area contributed by atoms with Crippen molar-refractivity contribution in [2.24, 2.45) is 0 Å². The number of hydrogen-bond donors (Lipinski definition) is 2. The van der Waals surface area contributed by atoms with Gasteiger partial charge in [-0.1, -0.05) is 6.07 Å². The van der Waals surface area contributed by atoms with E-state index in [0.717, 1.165) is 37.7 Å². The van der Waals surface area contributed by atoms with Gasteiger partial charge in [0, 0.05) is 24.5 Å². The highest BCUT2D eigenvalue weighted by atomic mass is 19.1. The molecule has 0 atom stereocenters. The fourth-order valence-corrected chi connectivity index (χ4v) is 2.38. The largest absolute Gasteiger partial charge is 0.395 e. The van der Waals surface area contributed by atoms with Gasteiger partial charge in [-0.15, -0.1) is 0 Å². The van der Waals surface area contributed by atoms with Crippen molar-refractivity contribution in [1.82, 2.24) is 0 Å². The van der Waals surface area contributed by atoms with Gasteiger partial charge in [0.1, 0.15) is 5.82 Å². The lowest BCUT2D eigenvalue weighted by Gasteiger charge is -2.29. The number of nitrogens with zero attached hydrogens (tertiary/aromatic N) is 1. The number of benzene rings is 2. The number of ether oxygens (including phenoxy) is 1. The van der Waals surface area contributed by atoms with Gasteiger partial charge in [0.2, 0.25) is 0 Å². The lowest BCUT2D eigenvalue weighted by atomic mass is 10.2. The maximum absolute atomic E-state index is 13.4. The first-order chi connectivity index (χ1) is 10.2. The summed E-state index contributed by atoms with van der Waals surface area (Å²) in [6, 6.07) is 12.8. The van der Waals surface area contributed by atoms with Gasteiger partial charge in [0.15, 0.2) is 0 Å². The third-order valence-electron chi connectivity index (χ3n) is 3.58. The van der Waals surface area contributed by atoms with Crippen molar-refractivity contribution in [1.29, 1.82) is 0 Å². The molecule has 0 radical (unpaired) electrons. The Kier molecular flexibility index (Phi) is 3.92. The zero-order chi connectivity index (χ0) is 14.7. The summed E-state index contributed by atoms with van der Waals surface area (Å²) in [5, 5.41) is 3.13. The minimum atomic E-state index is -0.412. The fraction of sp³-hybridized carbons (Fsp3) is 0.250. The molecule has 0 aromatic heterocycles. The van der Waals surface area contributed by atoms with Gasteiger partial charge in [-0.25, -0.2) is 4.39 Å². The second-order valence-electron chi connectivity index (χ2n) is 4.97. The van der Waals surface area contributed by atoms with Crippen LogP contribution in [0.3, 0.4) is 0 Å². The summed E-state index contributed by atoms with van der Waals surface area (Å²) >= 11 is 0. The van der Waals surface area contributed by atoms with Gasteiger partial charge >= 0.3 is 0 Å². The molecule has 3 rings (SSSR count). The van der Waals surface area contributed by atoms with Crippen LogP contribution in [0.2, 0.25) is 0 Å². The number of para-hydroxylation sites is 1. The Morgan fingerprint density at radius 3 is 2.48 bits per heavy atom. The van der Waals surface area contributed by atoms with Crippen molar-refractivity contribution < 1.29 is 9.13 Å². The van der Waals surface area contributed by atoms with Crippen LogP contribution in [0.4, 0.5) is 27.1 Å². The SMILES string of the molecule is Nc1c(F)cccc1Nc1ccc(N2CCOCC2)cc1. The first-order valence-corrected chi connectivity index (χ1v) is 6.98. The van der Waals surface area contributed by atoms with E-state index in [0.29, 0.717) is 5.69 Å². The smallest absolute Gasteiger partial charge is 0.148 e. The third-order valence-corrected chi connectivity index (χ3v) is 3.58. The van der Waals surface area contributed by atoms with Crippen LogP contribution >= 0.6 is 0 Å². The van der Waals surface area contributed by atoms with E-state index >= 15 is 0 Å². The lowest BCUT2D eigenvalue weighted by Crippen LogP contribution is -2.36. The third kappa shape index (κ3) is 3.08. The molecule has 1 saturated heterocycles. The quantitative estimate of drug-likeness (QED) is 0.852. The summed E-state index contributed by atoms with van der Waals surface area (Å²) < 4.78 is 18.8. The second kappa shape index (κ2) is 6.01. The van der Waals surface area contributed by atoms with Crippen LogP contribution < -0.4 is 16.0 Å². The van der Waals surface area contributed by atoms with Gasteiger partial charge in [0.25, 0.3) is 0 Å². The minimum absolute atomic E-state index is 0.134. The van der Waals surface area contributed by atoms with E-state index in [1.54, 1.807) is 12.1 Å². The van der Waals surface area contributed by atoms with Gasteiger partial charge < -0.3 is 20.7 Å². The second-order valence-corrected chi connectivity index (χ2v) is 4.97. The summed E-state index contributed by atoms with van der Waals surface area (Å²) in [6.45, 7) is 3.34. The molecular formula is C16H18FN3O. The van der Waals surface area contributed by atoms with E-state index in [1.165, 1.54) is 6.07 Å². The van der Waals surface area contributed by atoms with E-state index in [9.17, 15) is 4.39 Å². The van der Waals surface area contributed by atoms with E-state index < -0.39 is 5.82 Å². The molecule has 3 N–H and O–H groups in total. The molecular weight excluding hydrogens is 269 g/mol. The van der Waals surface area contributed by atoms with Crippen molar-refractivity contribution in [2.45, 2.75) is 0 Å². The lowest BCUT2D eigenvalue weighted by molar-refractivity contribution is 0.122. The number of nitrogen functional groups attached to an aromatic ring is 1. The molecule has 0 bridgehead atoms. The Bertz CT molecular complexity index is 609. The predicted molar refractivity (Wildman–Crippen MR) is 83.6 cm³/mol. The summed E-state index contributed by atoms with van der Waals surface area (Å²) in [7, 11) is 0. The molecule has 4 nitrogen and oxygen atoms in total. The number of anilines is 4. The molecule has 1 heterocycles. The van der Waals surface area contributed by atoms with Gasteiger partial charge in [-0.3, -0.25) is 0 Å². The zero-order valence-corrected chi connectivity index (χ0v) is 11.7. The Morgan fingerprint density at radius 2 is 1.76 bits per heavy atom. The maximum atomic E-state index is 13.4. The van der Waals surface area contributed by atoms with Crippen molar-refractivity contribution in [3.8, 4) is 0 Å². The molecule has 5 heteroatoms. The normalized spacial score (nSPS) is 15.0. The fourth-order valence-electron chi connectivity index (χ4n) is 2.38. The molecule has 2 aromatic rings. The summed E-state index contributed by atoms with van der Waals surface area (Å²) in [5.74, 6) is -0.412. The molecule has 0 saturated carbocycles. The number of nitrogens with two attached hydrogens (primary N) is 1. The number of rotatable bonds is 3.